The second-order valence-electron chi connectivity index (χ2n) is 3.07. The van der Waals surface area contributed by atoms with Crippen LogP contribution in [-0.2, 0) is 9.59 Å². The van der Waals surface area contributed by atoms with E-state index in [-0.39, 0.29) is 17.7 Å². The van der Waals surface area contributed by atoms with E-state index >= 15 is 0 Å². The van der Waals surface area contributed by atoms with Crippen LogP contribution in [0.3, 0.4) is 0 Å². The third-order valence-electron chi connectivity index (χ3n) is 2.01. The molecule has 1 saturated heterocycles. The minimum Gasteiger partial charge on any atom is -0.282 e. The van der Waals surface area contributed by atoms with E-state index in [2.05, 4.69) is 12.6 Å². The summed E-state index contributed by atoms with van der Waals surface area (Å²) in [5.74, 6) is 0.541. The molecule has 1 unspecified atom stereocenters. The minimum absolute atomic E-state index is 0.0261. The second kappa shape index (κ2) is 3.94. The van der Waals surface area contributed by atoms with Crippen molar-refractivity contribution >= 4 is 24.4 Å². The third kappa shape index (κ3) is 1.80. The second-order valence-corrected chi connectivity index (χ2v) is 3.51. The Morgan fingerprint density at radius 3 is 2.67 bits per heavy atom. The lowest BCUT2D eigenvalue weighted by Crippen LogP contribution is -2.31. The average Bonchev–Trinajstić information content (AvgIpc) is 2.25. The zero-order valence-corrected chi connectivity index (χ0v) is 8.01. The predicted molar refractivity (Wildman–Crippen MR) is 49.0 cm³/mol. The van der Waals surface area contributed by atoms with E-state index in [0.29, 0.717) is 18.7 Å². The zero-order valence-electron chi connectivity index (χ0n) is 7.12. The highest BCUT2D eigenvalue weighted by molar-refractivity contribution is 7.80. The summed E-state index contributed by atoms with van der Waals surface area (Å²) in [4.78, 5) is 23.8. The molecule has 2 amide bonds. The van der Waals surface area contributed by atoms with Crippen molar-refractivity contribution < 1.29 is 9.59 Å². The van der Waals surface area contributed by atoms with Crippen molar-refractivity contribution in [3.63, 3.8) is 0 Å². The molecule has 0 aliphatic carbocycles. The molecule has 0 bridgehead atoms. The van der Waals surface area contributed by atoms with Gasteiger partial charge in [-0.25, -0.2) is 0 Å². The highest BCUT2D eigenvalue weighted by Crippen LogP contribution is 2.18. The maximum absolute atomic E-state index is 11.3. The van der Waals surface area contributed by atoms with Crippen LogP contribution in [-0.4, -0.2) is 29.0 Å². The van der Waals surface area contributed by atoms with E-state index in [4.69, 9.17) is 0 Å². The first-order valence-electron chi connectivity index (χ1n) is 4.12. The summed E-state index contributed by atoms with van der Waals surface area (Å²) < 4.78 is 0. The molecule has 0 aromatic heterocycles. The fourth-order valence-corrected chi connectivity index (χ4v) is 1.45. The van der Waals surface area contributed by atoms with Gasteiger partial charge in [-0.1, -0.05) is 6.92 Å². The van der Waals surface area contributed by atoms with Gasteiger partial charge in [0.2, 0.25) is 11.8 Å². The SMILES string of the molecule is CC1CC(=O)N(CCCS)C1=O. The smallest absolute Gasteiger partial charge is 0.232 e. The largest absolute Gasteiger partial charge is 0.282 e. The van der Waals surface area contributed by atoms with Crippen LogP contribution in [0.1, 0.15) is 19.8 Å². The number of hydrogen-bond acceptors (Lipinski definition) is 3. The van der Waals surface area contributed by atoms with Crippen LogP contribution in [0.5, 0.6) is 0 Å². The van der Waals surface area contributed by atoms with Gasteiger partial charge in [0.05, 0.1) is 0 Å². The lowest BCUT2D eigenvalue weighted by atomic mass is 10.1. The summed E-state index contributed by atoms with van der Waals surface area (Å²) in [6, 6.07) is 0. The minimum atomic E-state index is -0.114. The maximum atomic E-state index is 11.3. The first-order chi connectivity index (χ1) is 5.66. The Hall–Kier alpha value is -0.510. The molecule has 0 aromatic carbocycles. The fourth-order valence-electron chi connectivity index (χ4n) is 1.31. The highest BCUT2D eigenvalue weighted by Gasteiger charge is 2.34. The molecule has 4 heteroatoms. The van der Waals surface area contributed by atoms with Crippen molar-refractivity contribution in [2.45, 2.75) is 19.8 Å². The van der Waals surface area contributed by atoms with Crippen LogP contribution in [0.15, 0.2) is 0 Å². The van der Waals surface area contributed by atoms with E-state index in [1.807, 2.05) is 0 Å². The van der Waals surface area contributed by atoms with Crippen LogP contribution in [0.2, 0.25) is 0 Å². The van der Waals surface area contributed by atoms with Gasteiger partial charge in [-0.2, -0.15) is 12.6 Å². The van der Waals surface area contributed by atoms with E-state index in [9.17, 15) is 9.59 Å². The van der Waals surface area contributed by atoms with Gasteiger partial charge in [-0.05, 0) is 12.2 Å². The molecule has 1 rings (SSSR count). The van der Waals surface area contributed by atoms with Crippen LogP contribution in [0, 0.1) is 5.92 Å². The average molecular weight is 187 g/mol. The molecular weight excluding hydrogens is 174 g/mol. The van der Waals surface area contributed by atoms with Crippen molar-refractivity contribution in [1.82, 2.24) is 4.90 Å². The summed E-state index contributed by atoms with van der Waals surface area (Å²) in [5, 5.41) is 0. The lowest BCUT2D eigenvalue weighted by molar-refractivity contribution is -0.139. The standard InChI is InChI=1S/C8H13NO2S/c1-6-5-7(10)9(8(6)11)3-2-4-12/h6,12H,2-5H2,1H3. The van der Waals surface area contributed by atoms with Crippen molar-refractivity contribution in [3.8, 4) is 0 Å². The van der Waals surface area contributed by atoms with E-state index in [1.54, 1.807) is 6.92 Å². The first kappa shape index (κ1) is 9.58. The Labute approximate surface area is 77.5 Å². The van der Waals surface area contributed by atoms with Gasteiger partial charge < -0.3 is 0 Å². The van der Waals surface area contributed by atoms with E-state index < -0.39 is 0 Å². The van der Waals surface area contributed by atoms with Gasteiger partial charge in [0, 0.05) is 18.9 Å². The number of carbonyl (C=O) groups excluding carboxylic acids is 2. The number of nitrogens with zero attached hydrogens (tertiary/aromatic N) is 1. The van der Waals surface area contributed by atoms with Crippen LogP contribution < -0.4 is 0 Å². The molecule has 12 heavy (non-hydrogen) atoms. The number of hydrogen-bond donors (Lipinski definition) is 1. The Morgan fingerprint density at radius 1 is 1.58 bits per heavy atom. The Bertz CT molecular complexity index is 205. The maximum Gasteiger partial charge on any atom is 0.232 e. The molecule has 1 aliphatic rings. The molecule has 0 saturated carbocycles. The fraction of sp³-hybridized carbons (Fsp3) is 0.750. The van der Waals surface area contributed by atoms with Crippen molar-refractivity contribution in [3.05, 3.63) is 0 Å². The van der Waals surface area contributed by atoms with Gasteiger partial charge in [-0.15, -0.1) is 0 Å². The molecular formula is C8H13NO2S. The van der Waals surface area contributed by atoms with Gasteiger partial charge in [0.25, 0.3) is 0 Å². The molecule has 3 nitrogen and oxygen atoms in total. The number of rotatable bonds is 3. The molecule has 1 fully saturated rings. The molecule has 0 spiro atoms. The molecule has 1 heterocycles. The van der Waals surface area contributed by atoms with Crippen molar-refractivity contribution in [2.24, 2.45) is 5.92 Å². The van der Waals surface area contributed by atoms with Gasteiger partial charge in [0.15, 0.2) is 0 Å². The monoisotopic (exact) mass is 187 g/mol. The van der Waals surface area contributed by atoms with E-state index in [0.717, 1.165) is 6.42 Å². The first-order valence-corrected chi connectivity index (χ1v) is 4.75. The third-order valence-corrected chi connectivity index (χ3v) is 2.33. The van der Waals surface area contributed by atoms with Crippen molar-refractivity contribution in [2.75, 3.05) is 12.3 Å². The van der Waals surface area contributed by atoms with Gasteiger partial charge in [-0.3, -0.25) is 14.5 Å². The predicted octanol–water partition coefficient (Wildman–Crippen LogP) is 0.701. The molecule has 68 valence electrons. The number of likely N-dealkylation sites (tertiary alicyclic amines) is 1. The summed E-state index contributed by atoms with van der Waals surface area (Å²) in [5.41, 5.74) is 0. The summed E-state index contributed by atoms with van der Waals surface area (Å²) in [6.07, 6.45) is 1.17. The number of imide groups is 1. The summed E-state index contributed by atoms with van der Waals surface area (Å²) >= 11 is 4.03. The zero-order chi connectivity index (χ0) is 9.14. The van der Waals surface area contributed by atoms with Gasteiger partial charge in [0.1, 0.15) is 0 Å². The quantitative estimate of drug-likeness (QED) is 0.521. The molecule has 0 radical (unpaired) electrons. The summed E-state index contributed by atoms with van der Waals surface area (Å²) in [6.45, 7) is 2.33. The Balaban J connectivity index is 2.52. The number of carbonyl (C=O) groups is 2. The topological polar surface area (TPSA) is 37.4 Å². The summed E-state index contributed by atoms with van der Waals surface area (Å²) in [7, 11) is 0. The van der Waals surface area contributed by atoms with Crippen LogP contribution in [0.25, 0.3) is 0 Å². The molecule has 1 atom stereocenters. The highest BCUT2D eigenvalue weighted by atomic mass is 32.1. The van der Waals surface area contributed by atoms with E-state index in [1.165, 1.54) is 4.90 Å². The molecule has 1 aliphatic heterocycles. The van der Waals surface area contributed by atoms with Crippen LogP contribution >= 0.6 is 12.6 Å². The lowest BCUT2D eigenvalue weighted by Gasteiger charge is -2.12. The normalized spacial score (nSPS) is 23.8. The van der Waals surface area contributed by atoms with Crippen LogP contribution in [0.4, 0.5) is 0 Å². The number of thiol groups is 1. The Morgan fingerprint density at radius 2 is 2.25 bits per heavy atom. The Kier molecular flexibility index (Phi) is 3.14. The number of amides is 2. The van der Waals surface area contributed by atoms with Gasteiger partial charge >= 0.3 is 0 Å². The van der Waals surface area contributed by atoms with Crippen molar-refractivity contribution in [1.29, 1.82) is 0 Å². The molecule has 0 N–H and O–H groups in total. The molecule has 0 aromatic rings.